The molecule has 0 saturated heterocycles. The normalized spacial score (nSPS) is 9.81. The third-order valence-corrected chi connectivity index (χ3v) is 2.68. The molecular weight excluding hydrogens is 275 g/mol. The van der Waals surface area contributed by atoms with Crippen molar-refractivity contribution in [3.8, 4) is 6.07 Å². The maximum Gasteiger partial charge on any atom is 0.229 e. The Morgan fingerprint density at radius 1 is 1.43 bits per heavy atom. The van der Waals surface area contributed by atoms with Crippen LogP contribution >= 0.6 is 0 Å². The second-order valence-corrected chi connectivity index (χ2v) is 4.17. The van der Waals surface area contributed by atoms with Crippen molar-refractivity contribution in [2.45, 2.75) is 6.92 Å². The number of benzene rings is 1. The minimum atomic E-state index is -0.645. The monoisotopic (exact) mass is 285 g/mol. The Morgan fingerprint density at radius 3 is 2.81 bits per heavy atom. The molecule has 1 heterocycles. The highest BCUT2D eigenvalue weighted by atomic mass is 19.1. The van der Waals surface area contributed by atoms with E-state index in [-0.39, 0.29) is 22.8 Å². The summed E-state index contributed by atoms with van der Waals surface area (Å²) in [6, 6.07) is 8.14. The number of amides is 1. The number of rotatable bonds is 3. The van der Waals surface area contributed by atoms with E-state index < -0.39 is 11.7 Å². The molecule has 1 aromatic carbocycles. The van der Waals surface area contributed by atoms with E-state index in [0.717, 1.165) is 17.0 Å². The molecular formula is C14H10FN4O2-. The summed E-state index contributed by atoms with van der Waals surface area (Å²) in [5.41, 5.74) is 2.14. The van der Waals surface area contributed by atoms with Gasteiger partial charge in [0.2, 0.25) is 5.91 Å². The Bertz CT molecular complexity index is 727. The Morgan fingerprint density at radius 2 is 2.19 bits per heavy atom. The summed E-state index contributed by atoms with van der Waals surface area (Å²) in [6.45, 7) is 1.27. The van der Waals surface area contributed by atoms with Crippen molar-refractivity contribution >= 4 is 23.1 Å². The van der Waals surface area contributed by atoms with Crippen LogP contribution in [-0.4, -0.2) is 10.9 Å². The molecule has 0 spiro atoms. The van der Waals surface area contributed by atoms with Crippen LogP contribution in [-0.2, 0) is 4.79 Å². The van der Waals surface area contributed by atoms with Crippen molar-refractivity contribution in [3.05, 3.63) is 53.1 Å². The second kappa shape index (κ2) is 5.98. The number of carbonyl (C=O) groups is 1. The molecule has 0 unspecified atom stereocenters. The zero-order valence-electron chi connectivity index (χ0n) is 11.0. The second-order valence-electron chi connectivity index (χ2n) is 4.17. The summed E-state index contributed by atoms with van der Waals surface area (Å²) in [7, 11) is 0. The molecule has 2 aromatic rings. The first kappa shape index (κ1) is 14.4. The zero-order chi connectivity index (χ0) is 15.4. The van der Waals surface area contributed by atoms with Gasteiger partial charge in [-0.2, -0.15) is 5.26 Å². The Kier molecular flexibility index (Phi) is 4.11. The van der Waals surface area contributed by atoms with Gasteiger partial charge in [-0.3, -0.25) is 9.69 Å². The molecule has 7 heteroatoms. The van der Waals surface area contributed by atoms with Crippen molar-refractivity contribution in [1.82, 2.24) is 4.98 Å². The molecule has 1 N–H and O–H groups in total. The van der Waals surface area contributed by atoms with Crippen molar-refractivity contribution < 1.29 is 9.18 Å². The highest BCUT2D eigenvalue weighted by Crippen LogP contribution is 2.27. The lowest BCUT2D eigenvalue weighted by atomic mass is 10.2. The number of aromatic nitrogens is 1. The zero-order valence-corrected chi connectivity index (χ0v) is 11.0. The van der Waals surface area contributed by atoms with Crippen molar-refractivity contribution in [2.24, 2.45) is 0 Å². The summed E-state index contributed by atoms with van der Waals surface area (Å²) in [4.78, 5) is 16.9. The molecule has 2 rings (SSSR count). The van der Waals surface area contributed by atoms with Gasteiger partial charge >= 0.3 is 0 Å². The molecule has 6 nitrogen and oxygen atoms in total. The minimum absolute atomic E-state index is 0.0781. The maximum absolute atomic E-state index is 13.5. The van der Waals surface area contributed by atoms with Crippen molar-refractivity contribution in [3.63, 3.8) is 0 Å². The molecule has 106 valence electrons. The lowest BCUT2D eigenvalue weighted by Gasteiger charge is -2.21. The average molecular weight is 285 g/mol. The number of nitrogens with zero attached hydrogens (tertiary/aromatic N) is 3. The molecule has 0 bridgehead atoms. The Labute approximate surface area is 120 Å². The van der Waals surface area contributed by atoms with Crippen molar-refractivity contribution in [2.75, 3.05) is 10.4 Å². The third-order valence-electron chi connectivity index (χ3n) is 2.68. The average Bonchev–Trinajstić information content (AvgIpc) is 2.46. The number of halogens is 1. The van der Waals surface area contributed by atoms with Crippen LogP contribution in [0.15, 0.2) is 36.5 Å². The number of anilines is 3. The smallest absolute Gasteiger partial charge is 0.229 e. The van der Waals surface area contributed by atoms with Gasteiger partial charge in [0, 0.05) is 24.9 Å². The van der Waals surface area contributed by atoms with E-state index in [1.807, 2.05) is 6.07 Å². The molecule has 1 aromatic heterocycles. The molecule has 0 aliphatic rings. The van der Waals surface area contributed by atoms with E-state index in [0.29, 0.717) is 0 Å². The Hall–Kier alpha value is -2.98. The van der Waals surface area contributed by atoms with E-state index in [9.17, 15) is 14.4 Å². The van der Waals surface area contributed by atoms with Gasteiger partial charge < -0.3 is 10.7 Å². The molecule has 0 atom stereocenters. The van der Waals surface area contributed by atoms with Crippen LogP contribution in [0.4, 0.5) is 21.6 Å². The molecule has 0 saturated carbocycles. The van der Waals surface area contributed by atoms with Gasteiger partial charge in [-0.25, -0.2) is 9.37 Å². The van der Waals surface area contributed by atoms with Crippen LogP contribution in [0.1, 0.15) is 12.5 Å². The van der Waals surface area contributed by atoms with Gasteiger partial charge in [0.05, 0.1) is 17.3 Å². The first-order valence-corrected chi connectivity index (χ1v) is 5.90. The minimum Gasteiger partial charge on any atom is -0.761 e. The van der Waals surface area contributed by atoms with E-state index in [2.05, 4.69) is 4.98 Å². The fourth-order valence-electron chi connectivity index (χ4n) is 1.85. The van der Waals surface area contributed by atoms with Crippen molar-refractivity contribution in [1.29, 1.82) is 5.26 Å². The van der Waals surface area contributed by atoms with Gasteiger partial charge in [-0.1, -0.05) is 0 Å². The van der Waals surface area contributed by atoms with Gasteiger partial charge in [0.25, 0.3) is 0 Å². The van der Waals surface area contributed by atoms with Crippen LogP contribution in [0.25, 0.3) is 0 Å². The first-order chi connectivity index (χ1) is 10.0. The van der Waals surface area contributed by atoms with Crippen LogP contribution in [0, 0.1) is 22.4 Å². The summed E-state index contributed by atoms with van der Waals surface area (Å²) in [5.74, 6) is -0.925. The number of hydrogen-bond donors (Lipinski definition) is 1. The van der Waals surface area contributed by atoms with Crippen LogP contribution in [0.3, 0.4) is 0 Å². The van der Waals surface area contributed by atoms with Gasteiger partial charge in [-0.15, -0.1) is 0 Å². The topological polar surface area (TPSA) is 92.1 Å². The molecule has 0 radical (unpaired) electrons. The fraction of sp³-hybridized carbons (Fsp3) is 0.0714. The standard InChI is InChI=1S/C14H10FN4O2/c1-9(20)19(14-7-12(18-21)2-3-17-14)13-5-10(8-16)4-11(15)6-13/h2-7H,1H3,(H-,17,18,21)/q-1. The molecule has 1 amide bonds. The van der Waals surface area contributed by atoms with Crippen LogP contribution in [0.2, 0.25) is 0 Å². The molecule has 0 aliphatic heterocycles. The van der Waals surface area contributed by atoms with Gasteiger partial charge in [0.1, 0.15) is 11.6 Å². The van der Waals surface area contributed by atoms with Crippen LogP contribution < -0.4 is 10.4 Å². The van der Waals surface area contributed by atoms with Gasteiger partial charge in [0.15, 0.2) is 0 Å². The number of hydrogen-bond acceptors (Lipinski definition) is 5. The van der Waals surface area contributed by atoms with E-state index >= 15 is 0 Å². The number of nitrogens with one attached hydrogen (secondary N) is 1. The van der Waals surface area contributed by atoms with Gasteiger partial charge in [-0.05, 0) is 24.3 Å². The summed E-state index contributed by atoms with van der Waals surface area (Å²) in [5, 5.41) is 19.6. The van der Waals surface area contributed by atoms with E-state index in [1.54, 1.807) is 5.48 Å². The molecule has 0 fully saturated rings. The molecule has 0 aliphatic carbocycles. The Balaban J connectivity index is 2.56. The summed E-state index contributed by atoms with van der Waals surface area (Å²) in [6.07, 6.45) is 1.34. The largest absolute Gasteiger partial charge is 0.761 e. The lowest BCUT2D eigenvalue weighted by molar-refractivity contribution is -0.115. The first-order valence-electron chi connectivity index (χ1n) is 5.90. The molecule has 21 heavy (non-hydrogen) atoms. The highest BCUT2D eigenvalue weighted by Gasteiger charge is 2.17. The predicted octanol–water partition coefficient (Wildman–Crippen LogP) is 2.69. The summed E-state index contributed by atoms with van der Waals surface area (Å²) < 4.78 is 13.5. The van der Waals surface area contributed by atoms with Crippen LogP contribution in [0.5, 0.6) is 0 Å². The quantitative estimate of drug-likeness (QED) is 0.875. The SMILES string of the molecule is CC(=O)N(c1cc(F)cc(C#N)c1)c1cc(N[O-])ccn1. The predicted molar refractivity (Wildman–Crippen MR) is 75.2 cm³/mol. The number of nitriles is 1. The fourth-order valence-corrected chi connectivity index (χ4v) is 1.85. The highest BCUT2D eigenvalue weighted by molar-refractivity contribution is 5.98. The third kappa shape index (κ3) is 3.13. The van der Waals surface area contributed by atoms with E-state index in [4.69, 9.17) is 5.26 Å². The number of pyridine rings is 1. The maximum atomic E-state index is 13.5. The summed E-state index contributed by atoms with van der Waals surface area (Å²) >= 11 is 0. The lowest BCUT2D eigenvalue weighted by Crippen LogP contribution is -2.24. The van der Waals surface area contributed by atoms with E-state index in [1.165, 1.54) is 31.3 Å². The number of carbonyl (C=O) groups excluding carboxylic acids is 1.